The first-order valence-corrected chi connectivity index (χ1v) is 5.39. The topological polar surface area (TPSA) is 92.8 Å². The predicted molar refractivity (Wildman–Crippen MR) is 60.1 cm³/mol. The summed E-state index contributed by atoms with van der Waals surface area (Å²) >= 11 is 4.10. The van der Waals surface area contributed by atoms with Crippen LogP contribution >= 0.6 is 12.6 Å². The summed E-state index contributed by atoms with van der Waals surface area (Å²) in [4.78, 5) is 11.5. The van der Waals surface area contributed by atoms with Crippen LogP contribution in [0.4, 0.5) is 4.79 Å². The molecule has 0 aliphatic rings. The molecule has 0 aliphatic carbocycles. The molecule has 2 N–H and O–H groups in total. The molecule has 7 nitrogen and oxygen atoms in total. The fraction of sp³-hybridized carbons (Fsp3) is 0.750. The number of hydrogen-bond donors (Lipinski definition) is 3. The smallest absolute Gasteiger partial charge is 0.408 e. The highest BCUT2D eigenvalue weighted by molar-refractivity contribution is 7.80. The third kappa shape index (κ3) is 4.05. The lowest BCUT2D eigenvalue weighted by Gasteiger charge is -2.21. The van der Waals surface area contributed by atoms with Gasteiger partial charge in [0, 0.05) is 5.75 Å². The first-order valence-electron chi connectivity index (χ1n) is 4.76. The summed E-state index contributed by atoms with van der Waals surface area (Å²) in [7, 11) is 0. The van der Waals surface area contributed by atoms with Crippen LogP contribution < -0.4 is 5.32 Å². The maximum absolute atomic E-state index is 11.5. The van der Waals surface area contributed by atoms with Gasteiger partial charge in [0.05, 0.1) is 0 Å². The Morgan fingerprint density at radius 2 is 2.31 bits per heavy atom. The number of amides is 1. The molecule has 1 atom stereocenters. The van der Waals surface area contributed by atoms with Crippen LogP contribution in [0.5, 0.6) is 0 Å². The Hall–Kier alpha value is -1.31. The Bertz CT molecular complexity index is 335. The fourth-order valence-electron chi connectivity index (χ4n) is 0.959. The summed E-state index contributed by atoms with van der Waals surface area (Å²) in [6, 6.07) is -0.420. The third-order valence-corrected chi connectivity index (χ3v) is 1.91. The summed E-state index contributed by atoms with van der Waals surface area (Å²) in [5.74, 6) is 0.736. The van der Waals surface area contributed by atoms with E-state index in [9.17, 15) is 4.79 Å². The van der Waals surface area contributed by atoms with Crippen molar-refractivity contribution in [2.45, 2.75) is 32.4 Å². The molecule has 0 saturated carbocycles. The molecule has 1 aromatic rings. The number of ether oxygens (including phenoxy) is 1. The van der Waals surface area contributed by atoms with Crippen molar-refractivity contribution in [1.82, 2.24) is 25.9 Å². The van der Waals surface area contributed by atoms with Crippen molar-refractivity contribution in [1.29, 1.82) is 0 Å². The van der Waals surface area contributed by atoms with Crippen LogP contribution in [0.1, 0.15) is 32.6 Å². The van der Waals surface area contributed by atoms with Crippen LogP contribution in [-0.4, -0.2) is 38.1 Å². The number of rotatable bonds is 3. The van der Waals surface area contributed by atoms with Crippen LogP contribution in [-0.2, 0) is 4.74 Å². The number of hydrogen-bond acceptors (Lipinski definition) is 6. The monoisotopic (exact) mass is 245 g/mol. The number of thiol groups is 1. The average Bonchev–Trinajstić information content (AvgIpc) is 2.63. The van der Waals surface area contributed by atoms with Gasteiger partial charge in [-0.2, -0.15) is 17.8 Å². The fourth-order valence-corrected chi connectivity index (χ4v) is 1.21. The number of aromatic amines is 1. The number of carbonyl (C=O) groups excluding carboxylic acids is 1. The summed E-state index contributed by atoms with van der Waals surface area (Å²) < 4.78 is 5.10. The number of tetrazole rings is 1. The largest absolute Gasteiger partial charge is 0.444 e. The molecule has 0 aliphatic heterocycles. The number of aromatic nitrogens is 4. The molecule has 0 spiro atoms. The van der Waals surface area contributed by atoms with Crippen molar-refractivity contribution < 1.29 is 9.53 Å². The van der Waals surface area contributed by atoms with Crippen molar-refractivity contribution in [3.8, 4) is 0 Å². The highest BCUT2D eigenvalue weighted by Crippen LogP contribution is 2.11. The molecule has 0 aromatic carbocycles. The van der Waals surface area contributed by atoms with Gasteiger partial charge in [0.2, 0.25) is 0 Å². The van der Waals surface area contributed by atoms with Crippen molar-refractivity contribution in [3.63, 3.8) is 0 Å². The Balaban J connectivity index is 2.55. The standard InChI is InChI=1S/C8H15N5O2S/c1-8(2,3)15-7(14)9-5(4-16)6-10-12-13-11-6/h5,16H,4H2,1-3H3,(H,9,14)(H,10,11,12,13)/t5-/m0/s1. The van der Waals surface area contributed by atoms with E-state index in [0.29, 0.717) is 11.6 Å². The van der Waals surface area contributed by atoms with Crippen molar-refractivity contribution in [2.24, 2.45) is 0 Å². The Morgan fingerprint density at radius 3 is 2.75 bits per heavy atom. The SMILES string of the molecule is CC(C)(C)OC(=O)N[C@@H](CS)c1nn[nH]n1. The first-order chi connectivity index (χ1) is 7.42. The third-order valence-electron chi connectivity index (χ3n) is 1.55. The van der Waals surface area contributed by atoms with Crippen LogP contribution in [0.15, 0.2) is 0 Å². The summed E-state index contributed by atoms with van der Waals surface area (Å²) in [5, 5.41) is 15.9. The normalized spacial score (nSPS) is 13.2. The highest BCUT2D eigenvalue weighted by Gasteiger charge is 2.21. The average molecular weight is 245 g/mol. The van der Waals surface area contributed by atoms with E-state index in [4.69, 9.17) is 4.74 Å². The van der Waals surface area contributed by atoms with Crippen molar-refractivity contribution in [2.75, 3.05) is 5.75 Å². The van der Waals surface area contributed by atoms with Gasteiger partial charge in [-0.15, -0.1) is 10.2 Å². The van der Waals surface area contributed by atoms with Gasteiger partial charge in [0.25, 0.3) is 0 Å². The minimum absolute atomic E-state index is 0.360. The molecule has 0 fully saturated rings. The van der Waals surface area contributed by atoms with Crippen LogP contribution in [0.2, 0.25) is 0 Å². The maximum Gasteiger partial charge on any atom is 0.408 e. The summed E-state index contributed by atoms with van der Waals surface area (Å²) in [6.45, 7) is 5.36. The molecule has 1 aromatic heterocycles. The minimum Gasteiger partial charge on any atom is -0.444 e. The van der Waals surface area contributed by atoms with Crippen LogP contribution in [0.25, 0.3) is 0 Å². The molecule has 16 heavy (non-hydrogen) atoms. The molecular formula is C8H15N5O2S. The summed E-state index contributed by atoms with van der Waals surface area (Å²) in [5.41, 5.74) is -0.539. The van der Waals surface area contributed by atoms with E-state index in [-0.39, 0.29) is 0 Å². The molecule has 8 heteroatoms. The van der Waals surface area contributed by atoms with Crippen molar-refractivity contribution >= 4 is 18.7 Å². The second-order valence-electron chi connectivity index (χ2n) is 4.15. The lowest BCUT2D eigenvalue weighted by molar-refractivity contribution is 0.0507. The van der Waals surface area contributed by atoms with E-state index in [1.54, 1.807) is 20.8 Å². The van der Waals surface area contributed by atoms with Gasteiger partial charge in [-0.1, -0.05) is 5.21 Å². The maximum atomic E-state index is 11.5. The summed E-state index contributed by atoms with van der Waals surface area (Å²) in [6.07, 6.45) is -0.531. The zero-order chi connectivity index (χ0) is 12.2. The van der Waals surface area contributed by atoms with Gasteiger partial charge >= 0.3 is 6.09 Å². The number of nitrogens with zero attached hydrogens (tertiary/aromatic N) is 3. The van der Waals surface area contributed by atoms with Gasteiger partial charge in [0.15, 0.2) is 5.82 Å². The quantitative estimate of drug-likeness (QED) is 0.681. The lowest BCUT2D eigenvalue weighted by atomic mass is 10.2. The lowest BCUT2D eigenvalue weighted by Crippen LogP contribution is -2.36. The van der Waals surface area contributed by atoms with Gasteiger partial charge in [-0.25, -0.2) is 4.79 Å². The van der Waals surface area contributed by atoms with Crippen LogP contribution in [0, 0.1) is 0 Å². The minimum atomic E-state index is -0.539. The van der Waals surface area contributed by atoms with E-state index < -0.39 is 17.7 Å². The Morgan fingerprint density at radius 1 is 1.62 bits per heavy atom. The molecular weight excluding hydrogens is 230 g/mol. The van der Waals surface area contributed by atoms with Crippen molar-refractivity contribution in [3.05, 3.63) is 5.82 Å². The Kier molecular flexibility index (Phi) is 4.11. The van der Waals surface area contributed by atoms with Gasteiger partial charge in [-0.3, -0.25) is 0 Å². The van der Waals surface area contributed by atoms with Gasteiger partial charge < -0.3 is 10.1 Å². The first kappa shape index (κ1) is 12.8. The van der Waals surface area contributed by atoms with Gasteiger partial charge in [0.1, 0.15) is 11.6 Å². The van der Waals surface area contributed by atoms with E-state index in [0.717, 1.165) is 0 Å². The molecule has 0 radical (unpaired) electrons. The molecule has 0 saturated heterocycles. The number of carbonyl (C=O) groups is 1. The number of nitrogens with one attached hydrogen (secondary N) is 2. The van der Waals surface area contributed by atoms with Gasteiger partial charge in [-0.05, 0) is 20.8 Å². The molecule has 90 valence electrons. The van der Waals surface area contributed by atoms with E-state index in [2.05, 4.69) is 38.6 Å². The molecule has 1 amide bonds. The number of alkyl carbamates (subject to hydrolysis) is 1. The molecule has 0 unspecified atom stereocenters. The van der Waals surface area contributed by atoms with E-state index in [1.165, 1.54) is 0 Å². The molecule has 1 rings (SSSR count). The van der Waals surface area contributed by atoms with E-state index >= 15 is 0 Å². The molecule has 1 heterocycles. The van der Waals surface area contributed by atoms with Crippen LogP contribution in [0.3, 0.4) is 0 Å². The zero-order valence-electron chi connectivity index (χ0n) is 9.39. The Labute approximate surface area is 98.7 Å². The predicted octanol–water partition coefficient (Wildman–Crippen LogP) is 0.695. The zero-order valence-corrected chi connectivity index (χ0v) is 10.3. The van der Waals surface area contributed by atoms with E-state index in [1.807, 2.05) is 0 Å². The highest BCUT2D eigenvalue weighted by atomic mass is 32.1. The number of H-pyrrole nitrogens is 1. The second kappa shape index (κ2) is 5.15. The molecule has 0 bridgehead atoms. The second-order valence-corrected chi connectivity index (χ2v) is 4.52.